The van der Waals surface area contributed by atoms with Crippen molar-refractivity contribution in [2.24, 2.45) is 0 Å². The molecule has 32 heavy (non-hydrogen) atoms. The molecule has 0 unspecified atom stereocenters. The Labute approximate surface area is 193 Å². The van der Waals surface area contributed by atoms with E-state index in [1.54, 1.807) is 37.6 Å². The number of halogens is 3. The number of imidazole rings is 1. The molecular formula is C21H17Cl2FN6O2. The van der Waals surface area contributed by atoms with Crippen LogP contribution in [0.25, 0.3) is 28.0 Å². The lowest BCUT2D eigenvalue weighted by Crippen LogP contribution is -2.14. The highest BCUT2D eigenvalue weighted by Crippen LogP contribution is 2.26. The van der Waals surface area contributed by atoms with Gasteiger partial charge in [0.2, 0.25) is 0 Å². The van der Waals surface area contributed by atoms with Gasteiger partial charge in [-0.2, -0.15) is 5.10 Å². The van der Waals surface area contributed by atoms with Gasteiger partial charge in [-0.3, -0.25) is 14.3 Å². The number of fused-ring (bicyclic) bond motifs is 1. The molecular weight excluding hydrogens is 458 g/mol. The highest BCUT2D eigenvalue weighted by Gasteiger charge is 2.16. The lowest BCUT2D eigenvalue weighted by Gasteiger charge is -2.07. The molecule has 8 nitrogen and oxygen atoms in total. The maximum Gasteiger partial charge on any atom is 0.259 e. The Morgan fingerprint density at radius 3 is 2.59 bits per heavy atom. The van der Waals surface area contributed by atoms with Crippen molar-refractivity contribution >= 4 is 42.2 Å². The normalized spacial score (nSPS) is 10.4. The summed E-state index contributed by atoms with van der Waals surface area (Å²) in [5.74, 6) is -0.475. The molecule has 0 fully saturated rings. The van der Waals surface area contributed by atoms with E-state index in [1.807, 2.05) is 22.7 Å². The molecule has 0 aliphatic rings. The molecule has 1 amide bonds. The lowest BCUT2D eigenvalue weighted by molar-refractivity contribution is 0.102. The molecule has 0 radical (unpaired) electrons. The molecule has 4 heterocycles. The SMILES string of the molecule is Cc1cc(NC(=O)c2ccc(-c3cnc4ccc(-c5cn[nH]c5)cn34)cc2F)no1.Cl.Cl. The van der Waals surface area contributed by atoms with E-state index >= 15 is 0 Å². The van der Waals surface area contributed by atoms with Crippen LogP contribution in [0.2, 0.25) is 0 Å². The van der Waals surface area contributed by atoms with Crippen LogP contribution in [0, 0.1) is 12.7 Å². The Hall–Kier alpha value is -3.69. The molecule has 4 aromatic heterocycles. The second-order valence-electron chi connectivity index (χ2n) is 6.75. The van der Waals surface area contributed by atoms with Crippen molar-refractivity contribution in [3.05, 3.63) is 78.3 Å². The maximum atomic E-state index is 14.8. The van der Waals surface area contributed by atoms with Crippen molar-refractivity contribution in [2.45, 2.75) is 6.92 Å². The van der Waals surface area contributed by atoms with Crippen molar-refractivity contribution in [2.75, 3.05) is 5.32 Å². The number of aryl methyl sites for hydroxylation is 1. The third kappa shape index (κ3) is 4.20. The molecule has 5 rings (SSSR count). The highest BCUT2D eigenvalue weighted by molar-refractivity contribution is 6.04. The summed E-state index contributed by atoms with van der Waals surface area (Å²) in [5.41, 5.74) is 3.80. The lowest BCUT2D eigenvalue weighted by atomic mass is 10.1. The van der Waals surface area contributed by atoms with Crippen LogP contribution in [-0.4, -0.2) is 30.6 Å². The van der Waals surface area contributed by atoms with Crippen LogP contribution in [0.1, 0.15) is 16.1 Å². The van der Waals surface area contributed by atoms with E-state index < -0.39 is 11.7 Å². The smallest absolute Gasteiger partial charge is 0.259 e. The number of H-pyrrole nitrogens is 1. The number of rotatable bonds is 4. The van der Waals surface area contributed by atoms with Gasteiger partial charge in [0.1, 0.15) is 17.2 Å². The highest BCUT2D eigenvalue weighted by atomic mass is 35.5. The summed E-state index contributed by atoms with van der Waals surface area (Å²) in [5, 5.41) is 13.0. The molecule has 0 saturated carbocycles. The number of aromatic nitrogens is 5. The molecule has 0 aliphatic heterocycles. The minimum Gasteiger partial charge on any atom is -0.360 e. The first kappa shape index (κ1) is 23.0. The average Bonchev–Trinajstić information content (AvgIpc) is 3.48. The number of hydrogen-bond donors (Lipinski definition) is 2. The molecule has 2 N–H and O–H groups in total. The van der Waals surface area contributed by atoms with Gasteiger partial charge in [-0.05, 0) is 31.2 Å². The van der Waals surface area contributed by atoms with Crippen LogP contribution in [0.3, 0.4) is 0 Å². The van der Waals surface area contributed by atoms with E-state index in [9.17, 15) is 9.18 Å². The molecule has 164 valence electrons. The van der Waals surface area contributed by atoms with Gasteiger partial charge in [-0.25, -0.2) is 9.37 Å². The molecule has 0 aliphatic carbocycles. The predicted molar refractivity (Wildman–Crippen MR) is 122 cm³/mol. The van der Waals surface area contributed by atoms with Crippen molar-refractivity contribution in [3.8, 4) is 22.4 Å². The zero-order chi connectivity index (χ0) is 20.7. The molecule has 0 saturated heterocycles. The number of aromatic amines is 1. The number of hydrogen-bond acceptors (Lipinski definition) is 5. The Morgan fingerprint density at radius 2 is 1.91 bits per heavy atom. The van der Waals surface area contributed by atoms with Crippen LogP contribution >= 0.6 is 24.8 Å². The number of nitrogens with one attached hydrogen (secondary N) is 2. The number of anilines is 1. The van der Waals surface area contributed by atoms with Gasteiger partial charge < -0.3 is 9.84 Å². The fourth-order valence-corrected chi connectivity index (χ4v) is 3.24. The summed E-state index contributed by atoms with van der Waals surface area (Å²) in [7, 11) is 0. The summed E-state index contributed by atoms with van der Waals surface area (Å²) in [4.78, 5) is 16.8. The maximum absolute atomic E-state index is 14.8. The van der Waals surface area contributed by atoms with Crippen molar-refractivity contribution in [3.63, 3.8) is 0 Å². The van der Waals surface area contributed by atoms with E-state index in [1.165, 1.54) is 12.1 Å². The summed E-state index contributed by atoms with van der Waals surface area (Å²) in [6.07, 6.45) is 7.09. The Morgan fingerprint density at radius 1 is 1.09 bits per heavy atom. The molecule has 0 bridgehead atoms. The summed E-state index contributed by atoms with van der Waals surface area (Å²) in [6.45, 7) is 1.70. The van der Waals surface area contributed by atoms with E-state index in [0.29, 0.717) is 17.0 Å². The van der Waals surface area contributed by atoms with Crippen LogP contribution in [0.15, 0.2) is 65.7 Å². The van der Waals surface area contributed by atoms with Crippen molar-refractivity contribution in [1.82, 2.24) is 24.7 Å². The van der Waals surface area contributed by atoms with E-state index in [-0.39, 0.29) is 36.2 Å². The third-order valence-corrected chi connectivity index (χ3v) is 4.72. The number of carbonyl (C=O) groups excluding carboxylic acids is 1. The average molecular weight is 475 g/mol. The van der Waals surface area contributed by atoms with Gasteiger partial charge in [0.25, 0.3) is 5.91 Å². The Kier molecular flexibility index (Phi) is 6.61. The molecule has 0 spiro atoms. The van der Waals surface area contributed by atoms with Crippen LogP contribution in [0.5, 0.6) is 0 Å². The van der Waals surface area contributed by atoms with Gasteiger partial charge in [-0.1, -0.05) is 11.2 Å². The van der Waals surface area contributed by atoms with Crippen molar-refractivity contribution in [1.29, 1.82) is 0 Å². The van der Waals surface area contributed by atoms with Gasteiger partial charge in [0.05, 0.1) is 23.7 Å². The van der Waals surface area contributed by atoms with Gasteiger partial charge in [-0.15, -0.1) is 24.8 Å². The summed E-state index contributed by atoms with van der Waals surface area (Å²) in [6, 6.07) is 9.81. The largest absolute Gasteiger partial charge is 0.360 e. The molecule has 11 heteroatoms. The molecule has 5 aromatic rings. The second kappa shape index (κ2) is 9.21. The van der Waals surface area contributed by atoms with E-state index in [0.717, 1.165) is 16.8 Å². The van der Waals surface area contributed by atoms with Gasteiger partial charge in [0, 0.05) is 35.2 Å². The predicted octanol–water partition coefficient (Wildman–Crippen LogP) is 4.92. The Bertz CT molecular complexity index is 1380. The summed E-state index contributed by atoms with van der Waals surface area (Å²) >= 11 is 0. The topological polar surface area (TPSA) is 101 Å². The van der Waals surface area contributed by atoms with E-state index in [4.69, 9.17) is 4.52 Å². The first-order valence-electron chi connectivity index (χ1n) is 9.09. The van der Waals surface area contributed by atoms with Gasteiger partial charge in [0.15, 0.2) is 5.82 Å². The number of benzene rings is 1. The zero-order valence-electron chi connectivity index (χ0n) is 16.6. The quantitative estimate of drug-likeness (QED) is 0.384. The number of carbonyl (C=O) groups is 1. The number of amides is 1. The summed E-state index contributed by atoms with van der Waals surface area (Å²) < 4.78 is 21.5. The minimum atomic E-state index is -0.647. The van der Waals surface area contributed by atoms with Crippen molar-refractivity contribution < 1.29 is 13.7 Å². The zero-order valence-corrected chi connectivity index (χ0v) is 18.2. The monoisotopic (exact) mass is 474 g/mol. The van der Waals surface area contributed by atoms with E-state index in [2.05, 4.69) is 25.7 Å². The first-order chi connectivity index (χ1) is 14.6. The number of pyridine rings is 1. The van der Waals surface area contributed by atoms with Crippen LogP contribution in [0.4, 0.5) is 10.2 Å². The second-order valence-corrected chi connectivity index (χ2v) is 6.75. The van der Waals surface area contributed by atoms with Crippen LogP contribution in [-0.2, 0) is 0 Å². The Balaban J connectivity index is 0.00000144. The fourth-order valence-electron chi connectivity index (χ4n) is 3.24. The molecule has 0 atom stereocenters. The van der Waals surface area contributed by atoms with Gasteiger partial charge >= 0.3 is 0 Å². The first-order valence-corrected chi connectivity index (χ1v) is 9.09. The third-order valence-electron chi connectivity index (χ3n) is 4.72. The standard InChI is InChI=1S/C21H15FN6O2.2ClH/c1-12-6-19(27-30-12)26-21(29)16-4-2-13(7-17(16)22)18-10-23-20-5-3-14(11-28(18)20)15-8-24-25-9-15;;/h2-11H,1H3,(H,24,25)(H,26,27,29);2*1H. The number of nitrogens with zero attached hydrogens (tertiary/aromatic N) is 4. The molecule has 1 aromatic carbocycles. The minimum absolute atomic E-state index is 0. The fraction of sp³-hybridized carbons (Fsp3) is 0.0476. The van der Waals surface area contributed by atoms with Crippen LogP contribution < -0.4 is 5.32 Å².